The van der Waals surface area contributed by atoms with Crippen molar-refractivity contribution in [3.05, 3.63) is 59.5 Å². The van der Waals surface area contributed by atoms with E-state index in [-0.39, 0.29) is 17.8 Å². The lowest BCUT2D eigenvalue weighted by Gasteiger charge is -2.30. The molecule has 2 aromatic heterocycles. The fourth-order valence-electron chi connectivity index (χ4n) is 5.27. The highest BCUT2D eigenvalue weighted by Crippen LogP contribution is 2.38. The molecule has 2 fully saturated rings. The molecule has 1 saturated carbocycles. The van der Waals surface area contributed by atoms with Crippen LogP contribution in [0.15, 0.2) is 42.6 Å². The average molecular weight is 449 g/mol. The Labute approximate surface area is 194 Å². The number of methoxy groups -OCH3 is 1. The van der Waals surface area contributed by atoms with E-state index < -0.39 is 0 Å². The van der Waals surface area contributed by atoms with Gasteiger partial charge in [0.2, 0.25) is 0 Å². The Morgan fingerprint density at radius 1 is 1.09 bits per heavy atom. The van der Waals surface area contributed by atoms with Crippen LogP contribution in [0.2, 0.25) is 0 Å². The number of carbonyl (C=O) groups excluding carboxylic acids is 1. The number of aromatic nitrogens is 3. The van der Waals surface area contributed by atoms with Crippen molar-refractivity contribution in [1.82, 2.24) is 19.4 Å². The Morgan fingerprint density at radius 2 is 1.88 bits per heavy atom. The smallest absolute Gasteiger partial charge is 0.309 e. The number of rotatable bonds is 6. The fraction of sp³-hybridized carbons (Fsp3) is 0.500. The van der Waals surface area contributed by atoms with Crippen LogP contribution in [0, 0.1) is 5.92 Å². The zero-order valence-electron chi connectivity index (χ0n) is 19.3. The predicted octanol–water partition coefficient (Wildman–Crippen LogP) is 3.76. The number of pyridine rings is 1. The Balaban J connectivity index is 1.38. The second-order valence-electron chi connectivity index (χ2n) is 9.11. The van der Waals surface area contributed by atoms with Crippen molar-refractivity contribution in [3.63, 3.8) is 0 Å². The molecule has 1 saturated heterocycles. The molecule has 33 heavy (non-hydrogen) atoms. The summed E-state index contributed by atoms with van der Waals surface area (Å²) in [6.45, 7) is 4.91. The Hall–Kier alpha value is -2.77. The Kier molecular flexibility index (Phi) is 6.69. The van der Waals surface area contributed by atoms with Gasteiger partial charge in [-0.2, -0.15) is 0 Å². The fourth-order valence-corrected chi connectivity index (χ4v) is 5.27. The van der Waals surface area contributed by atoms with Crippen molar-refractivity contribution in [2.45, 2.75) is 44.7 Å². The van der Waals surface area contributed by atoms with Gasteiger partial charge in [0.25, 0.3) is 0 Å². The minimum absolute atomic E-state index is 0.0310. The second kappa shape index (κ2) is 10.0. The summed E-state index contributed by atoms with van der Waals surface area (Å²) < 4.78 is 12.8. The lowest BCUT2D eigenvalue weighted by Crippen LogP contribution is -2.36. The largest absolute Gasteiger partial charge is 0.469 e. The maximum atomic E-state index is 12.3. The van der Waals surface area contributed by atoms with Crippen molar-refractivity contribution >= 4 is 17.1 Å². The third-order valence-electron chi connectivity index (χ3n) is 7.07. The van der Waals surface area contributed by atoms with E-state index in [1.54, 1.807) is 0 Å². The van der Waals surface area contributed by atoms with Crippen LogP contribution in [0.5, 0.6) is 0 Å². The molecule has 7 nitrogen and oxygen atoms in total. The Bertz CT molecular complexity index is 1090. The molecule has 0 spiro atoms. The van der Waals surface area contributed by atoms with Gasteiger partial charge in [-0.15, -0.1) is 0 Å². The van der Waals surface area contributed by atoms with Crippen molar-refractivity contribution in [1.29, 1.82) is 0 Å². The average Bonchev–Trinajstić information content (AvgIpc) is 3.21. The summed E-state index contributed by atoms with van der Waals surface area (Å²) in [7, 11) is 1.50. The van der Waals surface area contributed by atoms with E-state index in [0.717, 1.165) is 82.1 Å². The van der Waals surface area contributed by atoms with Gasteiger partial charge < -0.3 is 14.0 Å². The number of esters is 1. The standard InChI is InChI=1S/C26H32N4O3/c1-32-26(31)22-6-3-2-5-21(22)20-10-8-19(9-11-20)17-30-24(18-29-13-15-33-16-14-29)28-23-7-4-12-27-25(23)30/h4,7-12,21-22H,2-3,5-6,13-18H2,1H3. The van der Waals surface area contributed by atoms with Crippen LogP contribution in [0.3, 0.4) is 0 Å². The third kappa shape index (κ3) is 4.80. The van der Waals surface area contributed by atoms with Gasteiger partial charge in [-0.1, -0.05) is 37.1 Å². The van der Waals surface area contributed by atoms with Gasteiger partial charge in [0, 0.05) is 19.3 Å². The third-order valence-corrected chi connectivity index (χ3v) is 7.07. The van der Waals surface area contributed by atoms with Gasteiger partial charge >= 0.3 is 5.97 Å². The zero-order valence-corrected chi connectivity index (χ0v) is 19.3. The van der Waals surface area contributed by atoms with E-state index in [2.05, 4.69) is 38.7 Å². The normalized spacial score (nSPS) is 21.8. The van der Waals surface area contributed by atoms with Crippen LogP contribution < -0.4 is 0 Å². The minimum Gasteiger partial charge on any atom is -0.469 e. The molecule has 0 bridgehead atoms. The lowest BCUT2D eigenvalue weighted by atomic mass is 9.75. The van der Waals surface area contributed by atoms with Gasteiger partial charge in [0.15, 0.2) is 5.65 Å². The molecule has 2 atom stereocenters. The topological polar surface area (TPSA) is 69.5 Å². The molecule has 0 radical (unpaired) electrons. The monoisotopic (exact) mass is 448 g/mol. The number of ether oxygens (including phenoxy) is 2. The van der Waals surface area contributed by atoms with Crippen molar-refractivity contribution in [3.8, 4) is 0 Å². The molecule has 1 aliphatic heterocycles. The Morgan fingerprint density at radius 3 is 2.67 bits per heavy atom. The highest BCUT2D eigenvalue weighted by molar-refractivity contribution is 5.74. The molecule has 1 aliphatic carbocycles. The van der Waals surface area contributed by atoms with Crippen LogP contribution in [0.4, 0.5) is 0 Å². The summed E-state index contributed by atoms with van der Waals surface area (Å²) in [5.74, 6) is 1.17. The van der Waals surface area contributed by atoms with Gasteiger partial charge in [-0.3, -0.25) is 9.69 Å². The first-order chi connectivity index (χ1) is 16.2. The molecule has 0 N–H and O–H groups in total. The summed E-state index contributed by atoms with van der Waals surface area (Å²) in [6.07, 6.45) is 6.05. The number of morpholine rings is 1. The van der Waals surface area contributed by atoms with E-state index in [1.807, 2.05) is 18.3 Å². The molecular weight excluding hydrogens is 416 g/mol. The minimum atomic E-state index is -0.0764. The second-order valence-corrected chi connectivity index (χ2v) is 9.11. The molecular formula is C26H32N4O3. The molecule has 0 amide bonds. The molecule has 3 heterocycles. The van der Waals surface area contributed by atoms with Crippen LogP contribution in [-0.4, -0.2) is 58.8 Å². The summed E-state index contributed by atoms with van der Waals surface area (Å²) >= 11 is 0. The number of carbonyl (C=O) groups is 1. The number of hydrogen-bond acceptors (Lipinski definition) is 6. The highest BCUT2D eigenvalue weighted by Gasteiger charge is 2.32. The highest BCUT2D eigenvalue weighted by atomic mass is 16.5. The van der Waals surface area contributed by atoms with Crippen molar-refractivity contribution in [2.24, 2.45) is 5.92 Å². The summed E-state index contributed by atoms with van der Waals surface area (Å²) in [5.41, 5.74) is 4.29. The van der Waals surface area contributed by atoms with Gasteiger partial charge in [0.05, 0.1) is 39.3 Å². The number of benzene rings is 1. The van der Waals surface area contributed by atoms with Crippen LogP contribution in [0.25, 0.3) is 11.2 Å². The van der Waals surface area contributed by atoms with E-state index >= 15 is 0 Å². The molecule has 1 aromatic carbocycles. The van der Waals surface area contributed by atoms with Gasteiger partial charge in [-0.05, 0) is 42.0 Å². The quantitative estimate of drug-likeness (QED) is 0.535. The van der Waals surface area contributed by atoms with Gasteiger partial charge in [0.1, 0.15) is 11.3 Å². The predicted molar refractivity (Wildman–Crippen MR) is 126 cm³/mol. The number of fused-ring (bicyclic) bond motifs is 1. The molecule has 2 aliphatic rings. The summed E-state index contributed by atoms with van der Waals surface area (Å²) in [4.78, 5) is 24.2. The summed E-state index contributed by atoms with van der Waals surface area (Å²) in [6, 6.07) is 12.7. The zero-order chi connectivity index (χ0) is 22.6. The summed E-state index contributed by atoms with van der Waals surface area (Å²) in [5, 5.41) is 0. The van der Waals surface area contributed by atoms with Gasteiger partial charge in [-0.25, -0.2) is 9.97 Å². The van der Waals surface area contributed by atoms with E-state index in [4.69, 9.17) is 14.5 Å². The first-order valence-electron chi connectivity index (χ1n) is 12.0. The number of imidazole rings is 1. The van der Waals surface area contributed by atoms with E-state index in [9.17, 15) is 4.79 Å². The van der Waals surface area contributed by atoms with Crippen molar-refractivity contribution < 1.29 is 14.3 Å². The van der Waals surface area contributed by atoms with Crippen LogP contribution in [0.1, 0.15) is 48.6 Å². The molecule has 5 rings (SSSR count). The van der Waals surface area contributed by atoms with Crippen LogP contribution in [-0.2, 0) is 27.4 Å². The van der Waals surface area contributed by atoms with Crippen LogP contribution >= 0.6 is 0 Å². The molecule has 7 heteroatoms. The first-order valence-corrected chi connectivity index (χ1v) is 12.0. The van der Waals surface area contributed by atoms with Crippen molar-refractivity contribution in [2.75, 3.05) is 33.4 Å². The number of nitrogens with zero attached hydrogens (tertiary/aromatic N) is 4. The maximum absolute atomic E-state index is 12.3. The molecule has 3 aromatic rings. The first kappa shape index (κ1) is 22.0. The maximum Gasteiger partial charge on any atom is 0.309 e. The van der Waals surface area contributed by atoms with E-state index in [1.165, 1.54) is 18.2 Å². The van der Waals surface area contributed by atoms with E-state index in [0.29, 0.717) is 0 Å². The number of hydrogen-bond donors (Lipinski definition) is 0. The SMILES string of the molecule is COC(=O)C1CCCCC1c1ccc(Cn2c(CN3CCOCC3)nc3cccnc32)cc1. The molecule has 174 valence electrons. The molecule has 2 unspecified atom stereocenters. The lowest BCUT2D eigenvalue weighted by molar-refractivity contribution is -0.147.